The van der Waals surface area contributed by atoms with E-state index in [2.05, 4.69) is 60.1 Å². The Morgan fingerprint density at radius 1 is 1.00 bits per heavy atom. The summed E-state index contributed by atoms with van der Waals surface area (Å²) in [6, 6.07) is 8.45. The van der Waals surface area contributed by atoms with Crippen LogP contribution in [0.15, 0.2) is 30.5 Å². The molecule has 1 aromatic carbocycles. The van der Waals surface area contributed by atoms with Gasteiger partial charge in [0.1, 0.15) is 11.3 Å². The van der Waals surface area contributed by atoms with E-state index in [1.165, 1.54) is 5.56 Å². The standard InChI is InChI=1S/C32H48N8O5/c1-3-4-5-11-35-31-30-26(36-32(33)37-31)10-13-40(30)23-25-7-6-24(21-27(25)44-2)22-39-16-14-38(15-17-39)18-20-45-19-12-34-28(41)8-9-29(42)43/h6-7,10,13,21H,3-5,8-9,11-12,14-20,22-23H2,1-2H3,(H,34,41)(H,42,43)(H3,33,35,36,37). The van der Waals surface area contributed by atoms with Crippen LogP contribution in [0.3, 0.4) is 0 Å². The number of methoxy groups -OCH3 is 1. The van der Waals surface area contributed by atoms with Crippen LogP contribution in [0.4, 0.5) is 11.8 Å². The van der Waals surface area contributed by atoms with E-state index in [0.29, 0.717) is 26.3 Å². The molecule has 246 valence electrons. The average molecular weight is 625 g/mol. The van der Waals surface area contributed by atoms with Gasteiger partial charge in [0, 0.05) is 70.5 Å². The minimum absolute atomic E-state index is 0.00809. The van der Waals surface area contributed by atoms with Crippen LogP contribution >= 0.6 is 0 Å². The molecule has 13 nitrogen and oxygen atoms in total. The van der Waals surface area contributed by atoms with E-state index in [4.69, 9.17) is 20.3 Å². The fourth-order valence-electron chi connectivity index (χ4n) is 5.46. The van der Waals surface area contributed by atoms with E-state index in [-0.39, 0.29) is 24.7 Å². The molecule has 1 saturated heterocycles. The topological polar surface area (TPSA) is 160 Å². The molecule has 4 rings (SSSR count). The molecule has 1 fully saturated rings. The zero-order valence-corrected chi connectivity index (χ0v) is 26.6. The predicted octanol–water partition coefficient (Wildman–Crippen LogP) is 2.79. The molecule has 0 radical (unpaired) electrons. The van der Waals surface area contributed by atoms with Crippen LogP contribution in [0.25, 0.3) is 11.0 Å². The first-order chi connectivity index (χ1) is 21.9. The van der Waals surface area contributed by atoms with Crippen LogP contribution in [-0.4, -0.2) is 107 Å². The number of carboxylic acids is 1. The summed E-state index contributed by atoms with van der Waals surface area (Å²) < 4.78 is 13.6. The number of rotatable bonds is 19. The van der Waals surface area contributed by atoms with E-state index in [1.807, 2.05) is 12.3 Å². The third-order valence-corrected chi connectivity index (χ3v) is 7.95. The Balaban J connectivity index is 1.23. The van der Waals surface area contributed by atoms with Crippen molar-refractivity contribution < 1.29 is 24.2 Å². The highest BCUT2D eigenvalue weighted by molar-refractivity contribution is 5.87. The lowest BCUT2D eigenvalue weighted by Gasteiger charge is -2.34. The van der Waals surface area contributed by atoms with Crippen molar-refractivity contribution in [3.05, 3.63) is 41.6 Å². The minimum Gasteiger partial charge on any atom is -0.496 e. The average Bonchev–Trinajstić information content (AvgIpc) is 3.43. The molecule has 1 aliphatic rings. The van der Waals surface area contributed by atoms with E-state index in [0.717, 1.165) is 93.2 Å². The number of anilines is 2. The summed E-state index contributed by atoms with van der Waals surface area (Å²) in [5.41, 5.74) is 10.0. The molecule has 3 heterocycles. The molecule has 3 aromatic rings. The van der Waals surface area contributed by atoms with E-state index in [1.54, 1.807) is 7.11 Å². The van der Waals surface area contributed by atoms with Crippen LogP contribution in [0.2, 0.25) is 0 Å². The molecule has 1 amide bonds. The van der Waals surface area contributed by atoms with Crippen molar-refractivity contribution in [3.63, 3.8) is 0 Å². The second kappa shape index (κ2) is 17.5. The van der Waals surface area contributed by atoms with Crippen molar-refractivity contribution >= 4 is 34.7 Å². The molecule has 0 unspecified atom stereocenters. The normalized spacial score (nSPS) is 14.1. The third kappa shape index (κ3) is 10.6. The number of aromatic nitrogens is 3. The Morgan fingerprint density at radius 3 is 2.56 bits per heavy atom. The maximum Gasteiger partial charge on any atom is 0.303 e. The zero-order valence-electron chi connectivity index (χ0n) is 26.6. The summed E-state index contributed by atoms with van der Waals surface area (Å²) in [6.07, 6.45) is 5.25. The maximum atomic E-state index is 11.6. The molecule has 5 N–H and O–H groups in total. The fraction of sp³-hybridized carbons (Fsp3) is 0.562. The molecule has 0 saturated carbocycles. The molecular weight excluding hydrogens is 576 g/mol. The van der Waals surface area contributed by atoms with Gasteiger partial charge in [0.25, 0.3) is 0 Å². The number of nitrogens with one attached hydrogen (secondary N) is 2. The van der Waals surface area contributed by atoms with Crippen LogP contribution in [0.1, 0.15) is 50.2 Å². The van der Waals surface area contributed by atoms with Crippen molar-refractivity contribution in [2.24, 2.45) is 0 Å². The van der Waals surface area contributed by atoms with Crippen molar-refractivity contribution in [1.82, 2.24) is 29.7 Å². The largest absolute Gasteiger partial charge is 0.496 e. The number of hydrogen-bond donors (Lipinski definition) is 4. The van der Waals surface area contributed by atoms with Gasteiger partial charge in [0.15, 0.2) is 5.82 Å². The van der Waals surface area contributed by atoms with Crippen LogP contribution in [0, 0.1) is 0 Å². The first kappa shape index (κ1) is 33.9. The number of ether oxygens (including phenoxy) is 2. The zero-order chi connectivity index (χ0) is 32.0. The van der Waals surface area contributed by atoms with Crippen molar-refractivity contribution in [2.75, 3.05) is 77.2 Å². The number of aliphatic carboxylic acids is 1. The molecule has 2 aromatic heterocycles. The van der Waals surface area contributed by atoms with E-state index >= 15 is 0 Å². The van der Waals surface area contributed by atoms with E-state index < -0.39 is 5.97 Å². The number of unbranched alkanes of at least 4 members (excludes halogenated alkanes) is 2. The van der Waals surface area contributed by atoms with Crippen molar-refractivity contribution in [1.29, 1.82) is 0 Å². The summed E-state index contributed by atoms with van der Waals surface area (Å²) in [5, 5.41) is 14.8. The van der Waals surface area contributed by atoms with Gasteiger partial charge in [0.05, 0.1) is 38.8 Å². The van der Waals surface area contributed by atoms with Gasteiger partial charge in [0.2, 0.25) is 11.9 Å². The van der Waals surface area contributed by atoms with Gasteiger partial charge in [-0.15, -0.1) is 0 Å². The molecular formula is C32H48N8O5. The maximum absolute atomic E-state index is 11.6. The Kier molecular flexibility index (Phi) is 13.2. The number of nitrogens with two attached hydrogens (primary N) is 1. The Bertz CT molecular complexity index is 1390. The smallest absolute Gasteiger partial charge is 0.303 e. The number of nitrogens with zero attached hydrogens (tertiary/aromatic N) is 5. The van der Waals surface area contributed by atoms with Crippen LogP contribution < -0.4 is 21.1 Å². The molecule has 13 heteroatoms. The Morgan fingerprint density at radius 2 is 1.80 bits per heavy atom. The first-order valence-electron chi connectivity index (χ1n) is 15.9. The number of piperazine rings is 1. The lowest BCUT2D eigenvalue weighted by atomic mass is 10.1. The molecule has 1 aliphatic heterocycles. The van der Waals surface area contributed by atoms with Gasteiger partial charge in [-0.05, 0) is 24.1 Å². The molecule has 0 bridgehead atoms. The first-order valence-corrected chi connectivity index (χ1v) is 15.9. The van der Waals surface area contributed by atoms with Gasteiger partial charge < -0.3 is 35.5 Å². The van der Waals surface area contributed by atoms with Gasteiger partial charge in [-0.3, -0.25) is 19.4 Å². The lowest BCUT2D eigenvalue weighted by Crippen LogP contribution is -2.46. The Labute approximate surface area is 265 Å². The van der Waals surface area contributed by atoms with Gasteiger partial charge in [-0.25, -0.2) is 4.98 Å². The second-order valence-electron chi connectivity index (χ2n) is 11.4. The number of carbonyl (C=O) groups is 2. The number of hydrogen-bond acceptors (Lipinski definition) is 10. The summed E-state index contributed by atoms with van der Waals surface area (Å²) in [4.78, 5) is 35.9. The molecule has 45 heavy (non-hydrogen) atoms. The Hall–Kier alpha value is -3.94. The summed E-state index contributed by atoms with van der Waals surface area (Å²) in [7, 11) is 1.72. The predicted molar refractivity (Wildman–Crippen MR) is 174 cm³/mol. The summed E-state index contributed by atoms with van der Waals surface area (Å²) in [5.74, 6) is 0.651. The third-order valence-electron chi connectivity index (χ3n) is 7.95. The number of fused-ring (bicyclic) bond motifs is 1. The highest BCUT2D eigenvalue weighted by Crippen LogP contribution is 2.27. The SMILES string of the molecule is CCCCCNc1nc(N)nc2ccn(Cc3ccc(CN4CCN(CCOCCNC(=O)CCC(=O)O)CC4)cc3OC)c12. The number of carbonyl (C=O) groups excluding carboxylic acids is 1. The van der Waals surface area contributed by atoms with E-state index in [9.17, 15) is 9.59 Å². The van der Waals surface area contributed by atoms with Gasteiger partial charge in [-0.2, -0.15) is 4.98 Å². The minimum atomic E-state index is -0.973. The van der Waals surface area contributed by atoms with Crippen molar-refractivity contribution in [3.8, 4) is 5.75 Å². The van der Waals surface area contributed by atoms with Crippen LogP contribution in [0.5, 0.6) is 5.75 Å². The summed E-state index contributed by atoms with van der Waals surface area (Å²) >= 11 is 0. The second-order valence-corrected chi connectivity index (χ2v) is 11.4. The monoisotopic (exact) mass is 624 g/mol. The molecule has 0 atom stereocenters. The highest BCUT2D eigenvalue weighted by atomic mass is 16.5. The number of amides is 1. The van der Waals surface area contributed by atoms with Gasteiger partial charge >= 0.3 is 5.97 Å². The molecule has 0 spiro atoms. The molecule has 0 aliphatic carbocycles. The van der Waals surface area contributed by atoms with Crippen LogP contribution in [-0.2, 0) is 27.4 Å². The quantitative estimate of drug-likeness (QED) is 0.145. The fourth-order valence-corrected chi connectivity index (χ4v) is 5.46. The lowest BCUT2D eigenvalue weighted by molar-refractivity contribution is -0.138. The van der Waals surface area contributed by atoms with Crippen molar-refractivity contribution in [2.45, 2.75) is 52.1 Å². The van der Waals surface area contributed by atoms with Gasteiger partial charge in [-0.1, -0.05) is 31.9 Å². The number of carboxylic acid groups (broad SMARTS) is 1. The highest BCUT2D eigenvalue weighted by Gasteiger charge is 2.18. The summed E-state index contributed by atoms with van der Waals surface area (Å²) in [6.45, 7) is 10.6. The number of benzene rings is 1. The number of nitrogen functional groups attached to an aromatic ring is 1.